The van der Waals surface area contributed by atoms with E-state index in [1.165, 1.54) is 13.2 Å². The van der Waals surface area contributed by atoms with Crippen LogP contribution in [0.3, 0.4) is 0 Å². The first-order chi connectivity index (χ1) is 10.2. The summed E-state index contributed by atoms with van der Waals surface area (Å²) in [6.45, 7) is 0.361. The molecule has 0 saturated carbocycles. The van der Waals surface area contributed by atoms with Crippen LogP contribution in [-0.4, -0.2) is 7.11 Å². The van der Waals surface area contributed by atoms with Gasteiger partial charge in [-0.3, -0.25) is 0 Å². The molecule has 3 rings (SSSR count). The smallest absolute Gasteiger partial charge is 0.199 e. The van der Waals surface area contributed by atoms with E-state index in [1.807, 2.05) is 24.3 Å². The minimum atomic E-state index is -0.347. The Morgan fingerprint density at radius 2 is 2.05 bits per heavy atom. The SMILES string of the molecule is COc1ccc(F)c(NCc2c(Cl)oc3ccccc23)c1. The van der Waals surface area contributed by atoms with Crippen LogP contribution in [0.5, 0.6) is 5.75 Å². The summed E-state index contributed by atoms with van der Waals surface area (Å²) in [6.07, 6.45) is 0. The molecule has 21 heavy (non-hydrogen) atoms. The van der Waals surface area contributed by atoms with Gasteiger partial charge in [0, 0.05) is 23.6 Å². The normalized spacial score (nSPS) is 10.8. The van der Waals surface area contributed by atoms with Crippen molar-refractivity contribution in [1.82, 2.24) is 0 Å². The number of anilines is 1. The second-order valence-electron chi connectivity index (χ2n) is 4.55. The number of halogens is 2. The van der Waals surface area contributed by atoms with Gasteiger partial charge in [0.15, 0.2) is 5.22 Å². The van der Waals surface area contributed by atoms with Gasteiger partial charge >= 0.3 is 0 Å². The lowest BCUT2D eigenvalue weighted by Crippen LogP contribution is -2.01. The van der Waals surface area contributed by atoms with E-state index in [-0.39, 0.29) is 5.82 Å². The zero-order chi connectivity index (χ0) is 14.8. The number of rotatable bonds is 4. The average molecular weight is 306 g/mol. The number of benzene rings is 2. The predicted octanol–water partition coefficient (Wildman–Crippen LogP) is 4.85. The fourth-order valence-corrected chi connectivity index (χ4v) is 2.44. The van der Waals surface area contributed by atoms with E-state index >= 15 is 0 Å². The molecule has 0 aliphatic rings. The molecule has 1 aromatic heterocycles. The Balaban J connectivity index is 1.88. The summed E-state index contributed by atoms with van der Waals surface area (Å²) in [6, 6.07) is 12.1. The van der Waals surface area contributed by atoms with E-state index in [1.54, 1.807) is 12.1 Å². The number of ether oxygens (including phenoxy) is 1. The topological polar surface area (TPSA) is 34.4 Å². The first-order valence-corrected chi connectivity index (χ1v) is 6.80. The second-order valence-corrected chi connectivity index (χ2v) is 4.89. The molecule has 2 aromatic carbocycles. The molecule has 3 nitrogen and oxygen atoms in total. The van der Waals surface area contributed by atoms with Crippen molar-refractivity contribution >= 4 is 28.3 Å². The van der Waals surface area contributed by atoms with E-state index in [0.717, 1.165) is 10.9 Å². The number of nitrogens with one attached hydrogen (secondary N) is 1. The fourth-order valence-electron chi connectivity index (χ4n) is 2.18. The zero-order valence-electron chi connectivity index (χ0n) is 11.3. The van der Waals surface area contributed by atoms with Gasteiger partial charge in [-0.15, -0.1) is 0 Å². The standard InChI is InChI=1S/C16H13ClFNO2/c1-20-10-6-7-13(18)14(8-10)19-9-12-11-4-2-3-5-15(11)21-16(12)17/h2-8,19H,9H2,1H3. The van der Waals surface area contributed by atoms with Crippen LogP contribution in [-0.2, 0) is 6.54 Å². The van der Waals surface area contributed by atoms with E-state index in [9.17, 15) is 4.39 Å². The molecule has 0 aliphatic carbocycles. The lowest BCUT2D eigenvalue weighted by atomic mass is 10.1. The Kier molecular flexibility index (Phi) is 3.71. The van der Waals surface area contributed by atoms with Gasteiger partial charge in [0.05, 0.1) is 12.8 Å². The van der Waals surface area contributed by atoms with Crippen molar-refractivity contribution in [2.24, 2.45) is 0 Å². The highest BCUT2D eigenvalue weighted by atomic mass is 35.5. The minimum Gasteiger partial charge on any atom is -0.497 e. The molecule has 0 fully saturated rings. The number of hydrogen-bond donors (Lipinski definition) is 1. The third kappa shape index (κ3) is 2.67. The molecule has 0 saturated heterocycles. The van der Waals surface area contributed by atoms with Gasteiger partial charge in [-0.2, -0.15) is 0 Å². The summed E-state index contributed by atoms with van der Waals surface area (Å²) in [5.74, 6) is 0.238. The molecule has 0 aliphatic heterocycles. The molecule has 1 N–H and O–H groups in total. The van der Waals surface area contributed by atoms with Crippen molar-refractivity contribution in [3.8, 4) is 5.75 Å². The van der Waals surface area contributed by atoms with Crippen LogP contribution in [0.2, 0.25) is 5.22 Å². The quantitative estimate of drug-likeness (QED) is 0.748. The van der Waals surface area contributed by atoms with Gasteiger partial charge < -0.3 is 14.5 Å². The van der Waals surface area contributed by atoms with Gasteiger partial charge in [0.1, 0.15) is 17.1 Å². The van der Waals surface area contributed by atoms with Crippen molar-refractivity contribution in [1.29, 1.82) is 0 Å². The number of fused-ring (bicyclic) bond motifs is 1. The van der Waals surface area contributed by atoms with Crippen LogP contribution in [0.1, 0.15) is 5.56 Å². The van der Waals surface area contributed by atoms with Crippen molar-refractivity contribution < 1.29 is 13.5 Å². The van der Waals surface area contributed by atoms with Crippen LogP contribution in [0.25, 0.3) is 11.0 Å². The number of furan rings is 1. The molecule has 0 radical (unpaired) electrons. The molecule has 0 atom stereocenters. The molecule has 0 amide bonds. The lowest BCUT2D eigenvalue weighted by molar-refractivity contribution is 0.414. The van der Waals surface area contributed by atoms with Crippen molar-refractivity contribution in [2.75, 3.05) is 12.4 Å². The lowest BCUT2D eigenvalue weighted by Gasteiger charge is -2.09. The van der Waals surface area contributed by atoms with Gasteiger partial charge in [-0.25, -0.2) is 4.39 Å². The fraction of sp³-hybridized carbons (Fsp3) is 0.125. The second kappa shape index (κ2) is 5.66. The molecule has 0 spiro atoms. The summed E-state index contributed by atoms with van der Waals surface area (Å²) < 4.78 is 24.3. The Hall–Kier alpha value is -2.20. The third-order valence-corrected chi connectivity index (χ3v) is 3.58. The number of para-hydroxylation sites is 1. The van der Waals surface area contributed by atoms with Gasteiger partial charge in [0.2, 0.25) is 0 Å². The summed E-state index contributed by atoms with van der Waals surface area (Å²) in [7, 11) is 1.54. The first-order valence-electron chi connectivity index (χ1n) is 6.42. The third-order valence-electron chi connectivity index (χ3n) is 3.28. The highest BCUT2D eigenvalue weighted by molar-refractivity contribution is 6.30. The molecule has 3 aromatic rings. The van der Waals surface area contributed by atoms with Crippen LogP contribution in [0, 0.1) is 5.82 Å². The molecular weight excluding hydrogens is 293 g/mol. The van der Waals surface area contributed by atoms with Gasteiger partial charge in [-0.05, 0) is 29.8 Å². The minimum absolute atomic E-state index is 0.312. The highest BCUT2D eigenvalue weighted by Crippen LogP contribution is 2.30. The summed E-state index contributed by atoms with van der Waals surface area (Å²) >= 11 is 6.11. The average Bonchev–Trinajstić information content (AvgIpc) is 2.82. The molecule has 0 unspecified atom stereocenters. The number of hydrogen-bond acceptors (Lipinski definition) is 3. The predicted molar refractivity (Wildman–Crippen MR) is 81.5 cm³/mol. The van der Waals surface area contributed by atoms with Crippen LogP contribution < -0.4 is 10.1 Å². The Bertz CT molecular complexity index is 785. The molecule has 108 valence electrons. The van der Waals surface area contributed by atoms with Gasteiger partial charge in [-0.1, -0.05) is 18.2 Å². The van der Waals surface area contributed by atoms with E-state index in [2.05, 4.69) is 5.32 Å². The summed E-state index contributed by atoms with van der Waals surface area (Å²) in [4.78, 5) is 0. The van der Waals surface area contributed by atoms with Crippen LogP contribution in [0.15, 0.2) is 46.9 Å². The van der Waals surface area contributed by atoms with E-state index < -0.39 is 0 Å². The molecule has 0 bridgehead atoms. The molecule has 5 heteroatoms. The maximum atomic E-state index is 13.8. The zero-order valence-corrected chi connectivity index (χ0v) is 12.1. The van der Waals surface area contributed by atoms with Crippen molar-refractivity contribution in [3.05, 3.63) is 59.1 Å². The molecule has 1 heterocycles. The maximum absolute atomic E-state index is 13.8. The largest absolute Gasteiger partial charge is 0.497 e. The van der Waals surface area contributed by atoms with E-state index in [4.69, 9.17) is 20.8 Å². The van der Waals surface area contributed by atoms with Crippen molar-refractivity contribution in [2.45, 2.75) is 6.54 Å². The Morgan fingerprint density at radius 3 is 2.86 bits per heavy atom. The summed E-state index contributed by atoms with van der Waals surface area (Å²) in [5, 5.41) is 4.25. The van der Waals surface area contributed by atoms with E-state index in [0.29, 0.717) is 28.8 Å². The first kappa shape index (κ1) is 13.8. The van der Waals surface area contributed by atoms with Gasteiger partial charge in [0.25, 0.3) is 0 Å². The highest BCUT2D eigenvalue weighted by Gasteiger charge is 2.12. The van der Waals surface area contributed by atoms with Crippen LogP contribution in [0.4, 0.5) is 10.1 Å². The van der Waals surface area contributed by atoms with Crippen LogP contribution >= 0.6 is 11.6 Å². The summed E-state index contributed by atoms with van der Waals surface area (Å²) in [5.41, 5.74) is 1.87. The monoisotopic (exact) mass is 305 g/mol. The Morgan fingerprint density at radius 1 is 1.24 bits per heavy atom. The van der Waals surface area contributed by atoms with Crippen molar-refractivity contribution in [3.63, 3.8) is 0 Å². The maximum Gasteiger partial charge on any atom is 0.199 e. The Labute approximate surface area is 126 Å². The number of methoxy groups -OCH3 is 1. The molecular formula is C16H13ClFNO2.